The molecule has 0 aliphatic heterocycles. The minimum Gasteiger partial charge on any atom is -0.378 e. The molecule has 4 N–H and O–H groups in total. The normalized spacial score (nSPS) is 13.3. The van der Waals surface area contributed by atoms with Crippen molar-refractivity contribution in [2.24, 2.45) is 0 Å². The van der Waals surface area contributed by atoms with Gasteiger partial charge in [-0.15, -0.1) is 0 Å². The molecule has 34 heavy (non-hydrogen) atoms. The number of carbonyl (C=O) groups is 2. The van der Waals surface area contributed by atoms with Crippen LogP contribution < -0.4 is 10.6 Å². The molecule has 2 amide bonds. The first-order valence-corrected chi connectivity index (χ1v) is 10.8. The molecule has 7 nitrogen and oxygen atoms in total. The van der Waals surface area contributed by atoms with Crippen LogP contribution in [0.4, 0.5) is 14.6 Å². The predicted molar refractivity (Wildman–Crippen MR) is 124 cm³/mol. The Bertz CT molecular complexity index is 1180. The zero-order chi connectivity index (χ0) is 25.2. The molecule has 0 aliphatic rings. The van der Waals surface area contributed by atoms with Gasteiger partial charge in [-0.25, -0.2) is 8.78 Å². The predicted octanol–water partition coefficient (Wildman–Crippen LogP) is 3.81. The number of nitrogens with one attached hydrogen (secondary N) is 3. The molecule has 0 bridgehead atoms. The fraction of sp³-hybridized carbons (Fsp3) is 0.320. The van der Waals surface area contributed by atoms with E-state index in [2.05, 4.69) is 39.0 Å². The van der Waals surface area contributed by atoms with E-state index in [1.165, 1.54) is 6.92 Å². The van der Waals surface area contributed by atoms with Gasteiger partial charge in [0.1, 0.15) is 17.7 Å². The van der Waals surface area contributed by atoms with Gasteiger partial charge in [0.15, 0.2) is 11.9 Å². The van der Waals surface area contributed by atoms with Crippen LogP contribution in [0.25, 0.3) is 0 Å². The van der Waals surface area contributed by atoms with E-state index in [4.69, 9.17) is 0 Å². The van der Waals surface area contributed by atoms with Gasteiger partial charge < -0.3 is 15.7 Å². The van der Waals surface area contributed by atoms with Gasteiger partial charge in [0.05, 0.1) is 0 Å². The standard InChI is InChI=1S/C25H28F2N4O3/c1-13-6-14(2)8-17(7-13)25(4,5)20-12-21(31-30-20)29-23(33)15(3)28-24(34)22(32)16-9-18(26)11-19(27)10-16/h6-12,15,22,32H,1-5H3,(H,28,34)(H2,29,30,31,33)/t15-,22-/m0/s1. The summed E-state index contributed by atoms with van der Waals surface area (Å²) in [4.78, 5) is 24.8. The highest BCUT2D eigenvalue weighted by atomic mass is 19.1. The number of hydrogen-bond donors (Lipinski definition) is 4. The highest BCUT2D eigenvalue weighted by Gasteiger charge is 2.27. The van der Waals surface area contributed by atoms with Gasteiger partial charge in [0.2, 0.25) is 5.91 Å². The molecular formula is C25H28F2N4O3. The van der Waals surface area contributed by atoms with Crippen molar-refractivity contribution in [3.05, 3.63) is 82.0 Å². The first kappa shape index (κ1) is 25.0. The minimum atomic E-state index is -1.84. The van der Waals surface area contributed by atoms with E-state index in [0.717, 1.165) is 34.5 Å². The topological polar surface area (TPSA) is 107 Å². The molecule has 180 valence electrons. The molecule has 0 saturated carbocycles. The first-order chi connectivity index (χ1) is 15.9. The summed E-state index contributed by atoms with van der Waals surface area (Å²) in [5.41, 5.74) is 3.50. The maximum Gasteiger partial charge on any atom is 0.254 e. The Labute approximate surface area is 196 Å². The summed E-state index contributed by atoms with van der Waals surface area (Å²) in [6.07, 6.45) is -1.84. The number of aryl methyl sites for hydroxylation is 2. The van der Waals surface area contributed by atoms with Crippen LogP contribution in [-0.4, -0.2) is 33.2 Å². The largest absolute Gasteiger partial charge is 0.378 e. The highest BCUT2D eigenvalue weighted by Crippen LogP contribution is 2.32. The SMILES string of the molecule is Cc1cc(C)cc(C(C)(C)c2cc(NC(=O)[C@H](C)NC(=O)[C@@H](O)c3cc(F)cc(F)c3)n[nH]2)c1. The second kappa shape index (κ2) is 9.72. The zero-order valence-electron chi connectivity index (χ0n) is 19.7. The monoisotopic (exact) mass is 470 g/mol. The van der Waals surface area contributed by atoms with Crippen LogP contribution in [0.5, 0.6) is 0 Å². The lowest BCUT2D eigenvalue weighted by Crippen LogP contribution is -2.43. The van der Waals surface area contributed by atoms with Gasteiger partial charge in [-0.05, 0) is 44.0 Å². The maximum atomic E-state index is 13.4. The number of benzene rings is 2. The van der Waals surface area contributed by atoms with Gasteiger partial charge in [0.25, 0.3) is 5.91 Å². The van der Waals surface area contributed by atoms with Gasteiger partial charge in [-0.1, -0.05) is 43.2 Å². The smallest absolute Gasteiger partial charge is 0.254 e. The fourth-order valence-corrected chi connectivity index (χ4v) is 3.67. The fourth-order valence-electron chi connectivity index (χ4n) is 3.67. The molecule has 3 aromatic rings. The van der Waals surface area contributed by atoms with E-state index in [1.54, 1.807) is 6.07 Å². The van der Waals surface area contributed by atoms with Crippen LogP contribution >= 0.6 is 0 Å². The van der Waals surface area contributed by atoms with Crippen molar-refractivity contribution in [3.8, 4) is 0 Å². The zero-order valence-corrected chi connectivity index (χ0v) is 19.7. The van der Waals surface area contributed by atoms with E-state index in [1.807, 2.05) is 27.7 Å². The summed E-state index contributed by atoms with van der Waals surface area (Å²) in [5, 5.41) is 22.2. The second-order valence-corrected chi connectivity index (χ2v) is 8.99. The van der Waals surface area contributed by atoms with Gasteiger partial charge in [-0.3, -0.25) is 14.7 Å². The van der Waals surface area contributed by atoms with Gasteiger partial charge in [-0.2, -0.15) is 5.10 Å². The number of halogens is 2. The molecule has 0 saturated heterocycles. The molecule has 0 radical (unpaired) electrons. The van der Waals surface area contributed by atoms with Crippen molar-refractivity contribution in [2.75, 3.05) is 5.32 Å². The molecule has 0 aliphatic carbocycles. The van der Waals surface area contributed by atoms with Crippen molar-refractivity contribution in [1.82, 2.24) is 15.5 Å². The number of nitrogens with zero attached hydrogens (tertiary/aromatic N) is 1. The van der Waals surface area contributed by atoms with Gasteiger partial charge >= 0.3 is 0 Å². The summed E-state index contributed by atoms with van der Waals surface area (Å²) in [5.74, 6) is -3.12. The second-order valence-electron chi connectivity index (χ2n) is 8.99. The molecule has 2 aromatic carbocycles. The van der Waals surface area contributed by atoms with E-state index in [-0.39, 0.29) is 11.4 Å². The van der Waals surface area contributed by atoms with Crippen LogP contribution in [0.15, 0.2) is 42.5 Å². The lowest BCUT2D eigenvalue weighted by Gasteiger charge is -2.24. The number of H-pyrrole nitrogens is 1. The van der Waals surface area contributed by atoms with Crippen molar-refractivity contribution < 1.29 is 23.5 Å². The molecule has 2 atom stereocenters. The van der Waals surface area contributed by atoms with E-state index in [9.17, 15) is 23.5 Å². The Balaban J connectivity index is 1.66. The van der Waals surface area contributed by atoms with Crippen LogP contribution in [0.2, 0.25) is 0 Å². The van der Waals surface area contributed by atoms with Crippen LogP contribution in [0.3, 0.4) is 0 Å². The van der Waals surface area contributed by atoms with Crippen molar-refractivity contribution in [2.45, 2.75) is 52.2 Å². The van der Waals surface area contributed by atoms with Crippen LogP contribution in [-0.2, 0) is 15.0 Å². The molecule has 0 unspecified atom stereocenters. The number of anilines is 1. The average Bonchev–Trinajstić information content (AvgIpc) is 3.21. The summed E-state index contributed by atoms with van der Waals surface area (Å²) in [6, 6.07) is 9.28. The molecule has 1 aromatic heterocycles. The van der Waals surface area contributed by atoms with E-state index in [0.29, 0.717) is 6.07 Å². The van der Waals surface area contributed by atoms with Crippen molar-refractivity contribution >= 4 is 17.6 Å². The third-order valence-electron chi connectivity index (χ3n) is 5.65. The Morgan fingerprint density at radius 2 is 1.56 bits per heavy atom. The molecule has 1 heterocycles. The summed E-state index contributed by atoms with van der Waals surface area (Å²) in [7, 11) is 0. The highest BCUT2D eigenvalue weighted by molar-refractivity contribution is 5.97. The van der Waals surface area contributed by atoms with Crippen molar-refractivity contribution in [1.29, 1.82) is 0 Å². The number of aliphatic hydroxyl groups is 1. The van der Waals surface area contributed by atoms with Crippen LogP contribution in [0.1, 0.15) is 54.8 Å². The average molecular weight is 471 g/mol. The molecule has 0 spiro atoms. The van der Waals surface area contributed by atoms with Gasteiger partial charge in [0, 0.05) is 23.2 Å². The lowest BCUT2D eigenvalue weighted by atomic mass is 9.80. The van der Waals surface area contributed by atoms with E-state index >= 15 is 0 Å². The Hall–Kier alpha value is -3.59. The molecule has 0 fully saturated rings. The first-order valence-electron chi connectivity index (χ1n) is 10.8. The van der Waals surface area contributed by atoms with E-state index < -0.39 is 41.0 Å². The van der Waals surface area contributed by atoms with Crippen molar-refractivity contribution in [3.63, 3.8) is 0 Å². The Morgan fingerprint density at radius 1 is 0.971 bits per heavy atom. The third-order valence-corrected chi connectivity index (χ3v) is 5.65. The summed E-state index contributed by atoms with van der Waals surface area (Å²) in [6.45, 7) is 9.56. The number of hydrogen-bond acceptors (Lipinski definition) is 4. The number of aromatic amines is 1. The number of aliphatic hydroxyl groups excluding tert-OH is 1. The number of rotatable bonds is 7. The minimum absolute atomic E-state index is 0.256. The Kier molecular flexibility index (Phi) is 7.16. The molecular weight excluding hydrogens is 442 g/mol. The number of amides is 2. The third kappa shape index (κ3) is 5.66. The summed E-state index contributed by atoms with van der Waals surface area (Å²) < 4.78 is 26.7. The quantitative estimate of drug-likeness (QED) is 0.421. The molecule has 9 heteroatoms. The number of carbonyl (C=O) groups excluding carboxylic acids is 2. The summed E-state index contributed by atoms with van der Waals surface area (Å²) >= 11 is 0. The maximum absolute atomic E-state index is 13.4. The lowest BCUT2D eigenvalue weighted by molar-refractivity contribution is -0.132. The Morgan fingerprint density at radius 3 is 2.15 bits per heavy atom. The number of aromatic nitrogens is 2. The molecule has 3 rings (SSSR count). The van der Waals surface area contributed by atoms with Crippen LogP contribution in [0, 0.1) is 25.5 Å².